The smallest absolute Gasteiger partial charge is 0.330 e. The molecule has 1 N–H and O–H groups in total. The molecule has 0 radical (unpaired) electrons. The van der Waals surface area contributed by atoms with Crippen LogP contribution in [0.15, 0.2) is 72.4 Å². The molecule has 4 rings (SSSR count). The van der Waals surface area contributed by atoms with E-state index in [2.05, 4.69) is 5.32 Å². The molecule has 2 aliphatic heterocycles. The van der Waals surface area contributed by atoms with Crippen molar-refractivity contribution in [2.45, 2.75) is 42.7 Å². The van der Waals surface area contributed by atoms with E-state index in [0.29, 0.717) is 11.4 Å². The molecule has 170 valence electrons. The molecule has 0 aromatic heterocycles. The molecule has 0 bridgehead atoms. The number of nitrogens with zero attached hydrogens (tertiary/aromatic N) is 2. The third kappa shape index (κ3) is 4.83. The number of nitriles is 1. The molecule has 0 saturated carbocycles. The van der Waals surface area contributed by atoms with Gasteiger partial charge >= 0.3 is 5.97 Å². The van der Waals surface area contributed by atoms with Crippen LogP contribution in [0.5, 0.6) is 5.75 Å². The number of rotatable bonds is 7. The largest absolute Gasteiger partial charge is 0.484 e. The van der Waals surface area contributed by atoms with E-state index in [4.69, 9.17) is 9.47 Å². The van der Waals surface area contributed by atoms with Gasteiger partial charge < -0.3 is 19.7 Å². The highest BCUT2D eigenvalue weighted by molar-refractivity contribution is 8.01. The number of thioether (sulfide) groups is 1. The highest BCUT2D eigenvalue weighted by atomic mass is 32.2. The lowest BCUT2D eigenvalue weighted by molar-refractivity contribution is -0.152. The molecule has 2 aromatic carbocycles. The van der Waals surface area contributed by atoms with Crippen LogP contribution in [0.4, 0.5) is 0 Å². The maximum absolute atomic E-state index is 13.1. The zero-order valence-electron chi connectivity index (χ0n) is 18.4. The van der Waals surface area contributed by atoms with Crippen LogP contribution in [-0.4, -0.2) is 45.6 Å². The lowest BCUT2D eigenvalue weighted by Gasteiger charge is -2.48. The molecule has 7 nitrogen and oxygen atoms in total. The monoisotopic (exact) mass is 463 g/mol. The Morgan fingerprint density at radius 2 is 1.82 bits per heavy atom. The molecule has 2 aliphatic rings. The minimum Gasteiger partial charge on any atom is -0.484 e. The molecule has 0 aliphatic carbocycles. The minimum atomic E-state index is -0.565. The summed E-state index contributed by atoms with van der Waals surface area (Å²) < 4.78 is 10.7. The maximum Gasteiger partial charge on any atom is 0.330 e. The number of fused-ring (bicyclic) bond motifs is 1. The summed E-state index contributed by atoms with van der Waals surface area (Å²) in [6, 6.07) is 19.7. The number of esters is 1. The molecule has 0 unspecified atom stereocenters. The number of amides is 1. The standard InChI is InChI=1S/C25H25N3O4S/c1-25(2)22(24(30)32-15-17-9-5-3-6-10-17)28-19(13-14-26)21(23(28)33-25)27-20(29)16-31-18-11-7-4-8-12-18/h3-13,21-23H,15-16H2,1-2H3,(H,27,29)/t21-,22+,23-/m1/s1. The lowest BCUT2D eigenvalue weighted by atomic mass is 9.93. The fourth-order valence-electron chi connectivity index (χ4n) is 4.12. The highest BCUT2D eigenvalue weighted by Crippen LogP contribution is 2.54. The van der Waals surface area contributed by atoms with Crippen LogP contribution in [0, 0.1) is 11.3 Å². The molecule has 0 spiro atoms. The number of carbonyl (C=O) groups excluding carboxylic acids is 2. The van der Waals surface area contributed by atoms with Crippen molar-refractivity contribution in [3.8, 4) is 11.8 Å². The Hall–Kier alpha value is -3.44. The van der Waals surface area contributed by atoms with E-state index in [1.807, 2.05) is 73.3 Å². The van der Waals surface area contributed by atoms with E-state index in [0.717, 1.165) is 5.56 Å². The Kier molecular flexibility index (Phi) is 6.61. The van der Waals surface area contributed by atoms with Gasteiger partial charge in [-0.15, -0.1) is 11.8 Å². The number of allylic oxidation sites excluding steroid dienone is 1. The van der Waals surface area contributed by atoms with E-state index >= 15 is 0 Å². The topological polar surface area (TPSA) is 91.7 Å². The minimum absolute atomic E-state index is 0.135. The highest BCUT2D eigenvalue weighted by Gasteiger charge is 2.62. The van der Waals surface area contributed by atoms with Crippen LogP contribution in [-0.2, 0) is 20.9 Å². The molecule has 2 fully saturated rings. The quantitative estimate of drug-likeness (QED) is 0.498. The normalized spacial score (nSPS) is 23.7. The van der Waals surface area contributed by atoms with Crippen molar-refractivity contribution in [3.05, 3.63) is 78.0 Å². The van der Waals surface area contributed by atoms with Gasteiger partial charge in [0.2, 0.25) is 0 Å². The number of ether oxygens (including phenoxy) is 2. The van der Waals surface area contributed by atoms with Gasteiger partial charge in [-0.05, 0) is 31.5 Å². The van der Waals surface area contributed by atoms with Crippen LogP contribution in [0.3, 0.4) is 0 Å². The van der Waals surface area contributed by atoms with Crippen LogP contribution in [0.2, 0.25) is 0 Å². The Morgan fingerprint density at radius 3 is 2.48 bits per heavy atom. The summed E-state index contributed by atoms with van der Waals surface area (Å²) in [4.78, 5) is 27.5. The molecule has 2 aromatic rings. The number of hydrogen-bond donors (Lipinski definition) is 1. The number of hydrogen-bond acceptors (Lipinski definition) is 7. The average Bonchev–Trinajstić information content (AvgIpc) is 3.07. The first-order valence-electron chi connectivity index (χ1n) is 10.6. The number of carbonyl (C=O) groups is 2. The summed E-state index contributed by atoms with van der Waals surface area (Å²) in [5, 5.41) is 12.1. The molecule has 33 heavy (non-hydrogen) atoms. The Balaban J connectivity index is 1.42. The van der Waals surface area contributed by atoms with Crippen LogP contribution in [0.1, 0.15) is 19.4 Å². The Labute approximate surface area is 197 Å². The molecular formula is C25H25N3O4S. The SMILES string of the molecule is CC1(C)S[C@@H]2[C@H](NC(=O)COc3ccccc3)C(=CC#N)N2[C@H]1C(=O)OCc1ccccc1. The molecule has 2 saturated heterocycles. The van der Waals surface area contributed by atoms with Crippen molar-refractivity contribution < 1.29 is 19.1 Å². The first-order chi connectivity index (χ1) is 15.9. The van der Waals surface area contributed by atoms with E-state index < -0.39 is 10.8 Å². The van der Waals surface area contributed by atoms with Gasteiger partial charge in [0.25, 0.3) is 5.91 Å². The van der Waals surface area contributed by atoms with E-state index in [1.165, 1.54) is 6.08 Å². The Morgan fingerprint density at radius 1 is 1.15 bits per heavy atom. The van der Waals surface area contributed by atoms with Crippen LogP contribution >= 0.6 is 11.8 Å². The second-order valence-electron chi connectivity index (χ2n) is 8.36. The van der Waals surface area contributed by atoms with Crippen molar-refractivity contribution in [3.63, 3.8) is 0 Å². The molecule has 3 atom stereocenters. The number of para-hydroxylation sites is 1. The van der Waals surface area contributed by atoms with Gasteiger partial charge in [0.15, 0.2) is 6.61 Å². The van der Waals surface area contributed by atoms with Gasteiger partial charge in [0, 0.05) is 10.8 Å². The Bertz CT molecular complexity index is 1080. The predicted octanol–water partition coefficient (Wildman–Crippen LogP) is 3.24. The van der Waals surface area contributed by atoms with Gasteiger partial charge in [-0.25, -0.2) is 4.79 Å². The fourth-order valence-corrected chi connectivity index (χ4v) is 5.79. The van der Waals surface area contributed by atoms with Crippen molar-refractivity contribution in [2.75, 3.05) is 6.61 Å². The molecule has 1 amide bonds. The van der Waals surface area contributed by atoms with E-state index in [9.17, 15) is 14.9 Å². The van der Waals surface area contributed by atoms with Crippen molar-refractivity contribution in [1.82, 2.24) is 10.2 Å². The third-order valence-electron chi connectivity index (χ3n) is 5.63. The molecule has 8 heteroatoms. The summed E-state index contributed by atoms with van der Waals surface area (Å²) in [5.74, 6) is -0.0333. The van der Waals surface area contributed by atoms with E-state index in [-0.39, 0.29) is 36.5 Å². The summed E-state index contributed by atoms with van der Waals surface area (Å²) in [6.07, 6.45) is 1.39. The zero-order valence-corrected chi connectivity index (χ0v) is 19.2. The van der Waals surface area contributed by atoms with Gasteiger partial charge in [0.05, 0.1) is 17.8 Å². The molecule has 2 heterocycles. The molecular weight excluding hydrogens is 438 g/mol. The van der Waals surface area contributed by atoms with Gasteiger partial charge in [-0.1, -0.05) is 48.5 Å². The van der Waals surface area contributed by atoms with Gasteiger partial charge in [-0.3, -0.25) is 4.79 Å². The van der Waals surface area contributed by atoms with Crippen LogP contribution < -0.4 is 10.1 Å². The van der Waals surface area contributed by atoms with Gasteiger partial charge in [-0.2, -0.15) is 5.26 Å². The second-order valence-corrected chi connectivity index (χ2v) is 10.1. The van der Waals surface area contributed by atoms with E-state index in [1.54, 1.807) is 23.9 Å². The van der Waals surface area contributed by atoms with Crippen molar-refractivity contribution in [2.24, 2.45) is 0 Å². The number of nitrogens with one attached hydrogen (secondary N) is 1. The average molecular weight is 464 g/mol. The number of benzene rings is 2. The summed E-state index contributed by atoms with van der Waals surface area (Å²) >= 11 is 1.59. The first-order valence-corrected chi connectivity index (χ1v) is 11.5. The zero-order chi connectivity index (χ0) is 23.4. The van der Waals surface area contributed by atoms with Crippen molar-refractivity contribution >= 4 is 23.6 Å². The third-order valence-corrected chi connectivity index (χ3v) is 7.20. The predicted molar refractivity (Wildman–Crippen MR) is 125 cm³/mol. The summed E-state index contributed by atoms with van der Waals surface area (Å²) in [6.45, 7) is 4.00. The first kappa shape index (κ1) is 22.7. The fraction of sp³-hybridized carbons (Fsp3) is 0.320. The van der Waals surface area contributed by atoms with Gasteiger partial charge in [0.1, 0.15) is 23.8 Å². The lowest BCUT2D eigenvalue weighted by Crippen LogP contribution is -2.65. The van der Waals surface area contributed by atoms with Crippen LogP contribution in [0.25, 0.3) is 0 Å². The summed E-state index contributed by atoms with van der Waals surface area (Å²) in [5.41, 5.74) is 1.51. The van der Waals surface area contributed by atoms with Crippen molar-refractivity contribution in [1.29, 1.82) is 5.26 Å². The maximum atomic E-state index is 13.1. The summed E-state index contributed by atoms with van der Waals surface area (Å²) in [7, 11) is 0. The second kappa shape index (κ2) is 9.59.